The largest absolute Gasteiger partial charge is 0.337 e. The van der Waals surface area contributed by atoms with Crippen LogP contribution in [0.3, 0.4) is 0 Å². The molecule has 3 aliphatic heterocycles. The van der Waals surface area contributed by atoms with Crippen LogP contribution in [0.2, 0.25) is 0 Å². The van der Waals surface area contributed by atoms with Gasteiger partial charge in [-0.05, 0) is 36.6 Å². The Morgan fingerprint density at radius 3 is 2.87 bits per heavy atom. The van der Waals surface area contributed by atoms with Crippen molar-refractivity contribution in [3.63, 3.8) is 0 Å². The molecule has 5 rings (SSSR count). The van der Waals surface area contributed by atoms with Crippen LogP contribution in [0.5, 0.6) is 0 Å². The van der Waals surface area contributed by atoms with Gasteiger partial charge in [-0.1, -0.05) is 12.1 Å². The lowest BCUT2D eigenvalue weighted by molar-refractivity contribution is -0.136. The van der Waals surface area contributed by atoms with Gasteiger partial charge in [-0.15, -0.1) is 0 Å². The van der Waals surface area contributed by atoms with E-state index in [2.05, 4.69) is 20.3 Å². The molecule has 31 heavy (non-hydrogen) atoms. The number of benzene rings is 1. The van der Waals surface area contributed by atoms with Crippen LogP contribution in [0.15, 0.2) is 18.2 Å². The Hall–Kier alpha value is -3.27. The molecule has 1 fully saturated rings. The number of carbonyl (C=O) groups is 3. The van der Waals surface area contributed by atoms with Crippen LogP contribution in [-0.4, -0.2) is 56.5 Å². The fraction of sp³-hybridized carbons (Fsp3) is 0.476. The Kier molecular flexibility index (Phi) is 4.93. The zero-order chi connectivity index (χ0) is 21.5. The fourth-order valence-corrected chi connectivity index (χ4v) is 4.58. The summed E-state index contributed by atoms with van der Waals surface area (Å²) in [6.07, 6.45) is 2.25. The van der Waals surface area contributed by atoms with Gasteiger partial charge in [-0.3, -0.25) is 19.7 Å². The first kappa shape index (κ1) is 19.7. The third-order valence-electron chi connectivity index (χ3n) is 6.11. The number of carbonyl (C=O) groups excluding carboxylic acids is 3. The Labute approximate surface area is 179 Å². The molecule has 1 unspecified atom stereocenters. The highest BCUT2D eigenvalue weighted by Crippen LogP contribution is 2.29. The van der Waals surface area contributed by atoms with Crippen molar-refractivity contribution in [2.45, 2.75) is 51.4 Å². The highest BCUT2D eigenvalue weighted by atomic mass is 16.2. The Morgan fingerprint density at radius 1 is 1.19 bits per heavy atom. The average Bonchev–Trinajstić information content (AvgIpc) is 3.30. The summed E-state index contributed by atoms with van der Waals surface area (Å²) in [6, 6.07) is 5.31. The van der Waals surface area contributed by atoms with Gasteiger partial charge in [-0.25, -0.2) is 4.68 Å². The monoisotopic (exact) mass is 423 g/mol. The van der Waals surface area contributed by atoms with E-state index in [-0.39, 0.29) is 18.2 Å². The second kappa shape index (κ2) is 7.77. The van der Waals surface area contributed by atoms with Crippen molar-refractivity contribution in [2.75, 3.05) is 18.0 Å². The van der Waals surface area contributed by atoms with Crippen molar-refractivity contribution < 1.29 is 14.4 Å². The molecule has 3 N–H and O–H groups in total. The molecule has 0 aliphatic carbocycles. The van der Waals surface area contributed by atoms with Gasteiger partial charge in [0.1, 0.15) is 6.04 Å². The molecule has 2 aromatic rings. The van der Waals surface area contributed by atoms with E-state index < -0.39 is 11.9 Å². The quantitative estimate of drug-likeness (QED) is 0.646. The molecule has 0 bridgehead atoms. The molecule has 10 nitrogen and oxygen atoms in total. The maximum Gasteiger partial charge on any atom is 0.255 e. The van der Waals surface area contributed by atoms with Gasteiger partial charge in [0.25, 0.3) is 5.91 Å². The van der Waals surface area contributed by atoms with E-state index in [1.807, 2.05) is 22.9 Å². The van der Waals surface area contributed by atoms with Crippen LogP contribution in [0.25, 0.3) is 0 Å². The number of anilines is 1. The van der Waals surface area contributed by atoms with Crippen LogP contribution in [0.4, 0.5) is 5.95 Å². The van der Waals surface area contributed by atoms with E-state index in [9.17, 15) is 14.4 Å². The molecule has 0 saturated carbocycles. The fourth-order valence-electron chi connectivity index (χ4n) is 4.58. The molecule has 0 spiro atoms. The molecule has 0 radical (unpaired) electrons. The van der Waals surface area contributed by atoms with Gasteiger partial charge >= 0.3 is 0 Å². The molecule has 1 atom stereocenters. The number of hydrogen-bond acceptors (Lipinski definition) is 7. The predicted octanol–water partition coefficient (Wildman–Crippen LogP) is -0.0494. The van der Waals surface area contributed by atoms with Crippen LogP contribution in [0, 0.1) is 0 Å². The van der Waals surface area contributed by atoms with E-state index in [0.29, 0.717) is 38.0 Å². The van der Waals surface area contributed by atoms with Crippen molar-refractivity contribution in [3.05, 3.63) is 40.7 Å². The zero-order valence-electron chi connectivity index (χ0n) is 17.2. The lowest BCUT2D eigenvalue weighted by Gasteiger charge is -2.29. The standard InChI is InChI=1S/C21H25N7O3/c22-7-6-17-23-21-26(8-1-9-28(21)25-17)11-13-2-3-14-12-27(20(31)15(14)10-13)16-4-5-18(29)24-19(16)30/h2-3,10,16H,1,4-9,11-12,22H2,(H,24,29,30). The van der Waals surface area contributed by atoms with Crippen LogP contribution in [-0.2, 0) is 35.6 Å². The molecular formula is C21H25N7O3. The Morgan fingerprint density at radius 2 is 2.06 bits per heavy atom. The number of aryl methyl sites for hydroxylation is 1. The van der Waals surface area contributed by atoms with Crippen molar-refractivity contribution in [1.29, 1.82) is 0 Å². The first-order chi connectivity index (χ1) is 15.0. The summed E-state index contributed by atoms with van der Waals surface area (Å²) in [5, 5.41) is 6.88. The average molecular weight is 423 g/mol. The summed E-state index contributed by atoms with van der Waals surface area (Å²) in [6.45, 7) is 3.24. The number of imide groups is 1. The summed E-state index contributed by atoms with van der Waals surface area (Å²) in [5.74, 6) is 0.772. The van der Waals surface area contributed by atoms with E-state index in [0.717, 1.165) is 42.4 Å². The third kappa shape index (κ3) is 3.56. The number of piperidine rings is 1. The summed E-state index contributed by atoms with van der Waals surface area (Å²) in [4.78, 5) is 45.1. The topological polar surface area (TPSA) is 126 Å². The lowest BCUT2D eigenvalue weighted by atomic mass is 10.0. The number of nitrogens with zero attached hydrogens (tertiary/aromatic N) is 5. The van der Waals surface area contributed by atoms with Crippen molar-refractivity contribution in [2.24, 2.45) is 5.73 Å². The molecule has 4 heterocycles. The second-order valence-electron chi connectivity index (χ2n) is 8.26. The van der Waals surface area contributed by atoms with Crippen molar-refractivity contribution in [1.82, 2.24) is 25.0 Å². The van der Waals surface area contributed by atoms with Gasteiger partial charge < -0.3 is 15.5 Å². The lowest BCUT2D eigenvalue weighted by Crippen LogP contribution is -2.52. The zero-order valence-corrected chi connectivity index (χ0v) is 17.2. The van der Waals surface area contributed by atoms with Gasteiger partial charge in [0.05, 0.1) is 0 Å². The number of aromatic nitrogens is 3. The van der Waals surface area contributed by atoms with E-state index in [4.69, 9.17) is 5.73 Å². The molecule has 162 valence electrons. The summed E-state index contributed by atoms with van der Waals surface area (Å²) >= 11 is 0. The Balaban J connectivity index is 1.34. The van der Waals surface area contributed by atoms with E-state index in [1.54, 1.807) is 4.90 Å². The minimum Gasteiger partial charge on any atom is -0.337 e. The second-order valence-corrected chi connectivity index (χ2v) is 8.26. The first-order valence-corrected chi connectivity index (χ1v) is 10.7. The van der Waals surface area contributed by atoms with E-state index >= 15 is 0 Å². The molecule has 1 aromatic carbocycles. The summed E-state index contributed by atoms with van der Waals surface area (Å²) in [7, 11) is 0. The third-order valence-corrected chi connectivity index (χ3v) is 6.11. The molecular weight excluding hydrogens is 398 g/mol. The maximum absolute atomic E-state index is 13.1. The molecule has 3 aliphatic rings. The molecule has 1 aromatic heterocycles. The number of fused-ring (bicyclic) bond motifs is 2. The number of nitrogens with two attached hydrogens (primary N) is 1. The summed E-state index contributed by atoms with van der Waals surface area (Å²) in [5.41, 5.74) is 8.19. The smallest absolute Gasteiger partial charge is 0.255 e. The van der Waals surface area contributed by atoms with Crippen LogP contribution >= 0.6 is 0 Å². The van der Waals surface area contributed by atoms with Crippen molar-refractivity contribution in [3.8, 4) is 0 Å². The Bertz CT molecular complexity index is 1060. The summed E-state index contributed by atoms with van der Waals surface area (Å²) < 4.78 is 1.93. The molecule has 10 heteroatoms. The number of rotatable bonds is 5. The molecule has 3 amide bonds. The van der Waals surface area contributed by atoms with Gasteiger partial charge in [-0.2, -0.15) is 10.1 Å². The SMILES string of the molecule is NCCc1nc2n(n1)CCCN2Cc1ccc2c(c1)C(=O)N(C1CCC(=O)NC1=O)C2. The van der Waals surface area contributed by atoms with Crippen LogP contribution in [0.1, 0.15) is 46.6 Å². The minimum atomic E-state index is -0.595. The first-order valence-electron chi connectivity index (χ1n) is 10.7. The van der Waals surface area contributed by atoms with Gasteiger partial charge in [0.15, 0.2) is 5.82 Å². The number of nitrogens with one attached hydrogen (secondary N) is 1. The van der Waals surface area contributed by atoms with Gasteiger partial charge in [0, 0.05) is 44.6 Å². The van der Waals surface area contributed by atoms with E-state index in [1.165, 1.54) is 0 Å². The van der Waals surface area contributed by atoms with Crippen LogP contribution < -0.4 is 16.0 Å². The normalized spacial score (nSPS) is 20.7. The highest BCUT2D eigenvalue weighted by molar-refractivity contribution is 6.05. The predicted molar refractivity (Wildman–Crippen MR) is 111 cm³/mol. The van der Waals surface area contributed by atoms with Crippen molar-refractivity contribution >= 4 is 23.7 Å². The minimum absolute atomic E-state index is 0.154. The van der Waals surface area contributed by atoms with Gasteiger partial charge in [0.2, 0.25) is 17.8 Å². The highest BCUT2D eigenvalue weighted by Gasteiger charge is 2.39. The number of amides is 3. The molecule has 1 saturated heterocycles. The number of hydrogen-bond donors (Lipinski definition) is 2. The maximum atomic E-state index is 13.1.